The van der Waals surface area contributed by atoms with E-state index in [2.05, 4.69) is 29.6 Å². The third-order valence-electron chi connectivity index (χ3n) is 2.15. The molecule has 0 heterocycles. The molecule has 17 heavy (non-hydrogen) atoms. The van der Waals surface area contributed by atoms with Crippen LogP contribution in [0, 0.1) is 0 Å². The molecule has 0 aromatic heterocycles. The maximum absolute atomic E-state index is 5.34. The standard InChI is InChI=1S/C13H21NO2S/c1-15-10-11-16-9-7-14-8-12-17-13-5-3-2-4-6-13/h2-6,14H,7-12H2,1H3. The predicted octanol–water partition coefficient (Wildman–Crippen LogP) is 2.03. The van der Waals surface area contributed by atoms with E-state index >= 15 is 0 Å². The summed E-state index contributed by atoms with van der Waals surface area (Å²) in [5, 5.41) is 3.35. The minimum absolute atomic E-state index is 0.670. The Bertz CT molecular complexity index is 269. The summed E-state index contributed by atoms with van der Waals surface area (Å²) in [5.41, 5.74) is 0. The molecule has 0 atom stereocenters. The number of hydrogen-bond donors (Lipinski definition) is 1. The summed E-state index contributed by atoms with van der Waals surface area (Å²) in [6.45, 7) is 4.01. The molecule has 0 aliphatic rings. The van der Waals surface area contributed by atoms with Gasteiger partial charge in [-0.25, -0.2) is 0 Å². The van der Waals surface area contributed by atoms with Crippen LogP contribution in [0.2, 0.25) is 0 Å². The summed E-state index contributed by atoms with van der Waals surface area (Å²) in [4.78, 5) is 1.32. The van der Waals surface area contributed by atoms with Gasteiger partial charge in [0, 0.05) is 30.8 Å². The van der Waals surface area contributed by atoms with Gasteiger partial charge in [-0.1, -0.05) is 18.2 Å². The van der Waals surface area contributed by atoms with Gasteiger partial charge in [0.05, 0.1) is 19.8 Å². The highest BCUT2D eigenvalue weighted by Gasteiger charge is 1.92. The highest BCUT2D eigenvalue weighted by molar-refractivity contribution is 7.99. The number of rotatable bonds is 10. The van der Waals surface area contributed by atoms with Gasteiger partial charge in [-0.15, -0.1) is 11.8 Å². The van der Waals surface area contributed by atoms with E-state index in [-0.39, 0.29) is 0 Å². The normalized spacial score (nSPS) is 10.6. The summed E-state index contributed by atoms with van der Waals surface area (Å²) in [6.07, 6.45) is 0. The van der Waals surface area contributed by atoms with Gasteiger partial charge in [-0.05, 0) is 12.1 Å². The summed E-state index contributed by atoms with van der Waals surface area (Å²) < 4.78 is 10.2. The van der Waals surface area contributed by atoms with Gasteiger partial charge in [0.25, 0.3) is 0 Å². The molecule has 0 fully saturated rings. The van der Waals surface area contributed by atoms with E-state index in [9.17, 15) is 0 Å². The summed E-state index contributed by atoms with van der Waals surface area (Å²) in [7, 11) is 1.68. The second-order valence-corrected chi connectivity index (χ2v) is 4.69. The van der Waals surface area contributed by atoms with Crippen molar-refractivity contribution in [1.82, 2.24) is 5.32 Å². The largest absolute Gasteiger partial charge is 0.382 e. The average Bonchev–Trinajstić information content (AvgIpc) is 2.38. The molecular weight excluding hydrogens is 234 g/mol. The third kappa shape index (κ3) is 8.21. The van der Waals surface area contributed by atoms with Crippen molar-refractivity contribution in [3.8, 4) is 0 Å². The fourth-order valence-electron chi connectivity index (χ4n) is 1.27. The van der Waals surface area contributed by atoms with Gasteiger partial charge < -0.3 is 14.8 Å². The van der Waals surface area contributed by atoms with Crippen molar-refractivity contribution >= 4 is 11.8 Å². The number of hydrogen-bond acceptors (Lipinski definition) is 4. The first kappa shape index (κ1) is 14.5. The molecule has 0 bridgehead atoms. The van der Waals surface area contributed by atoms with Gasteiger partial charge >= 0.3 is 0 Å². The highest BCUT2D eigenvalue weighted by atomic mass is 32.2. The topological polar surface area (TPSA) is 30.5 Å². The molecule has 1 N–H and O–H groups in total. The Morgan fingerprint density at radius 1 is 1.06 bits per heavy atom. The molecule has 0 spiro atoms. The van der Waals surface area contributed by atoms with Crippen LogP contribution in [0.15, 0.2) is 35.2 Å². The van der Waals surface area contributed by atoms with Crippen LogP contribution in [0.1, 0.15) is 0 Å². The van der Waals surface area contributed by atoms with Crippen LogP contribution >= 0.6 is 11.8 Å². The molecule has 1 aromatic carbocycles. The first-order valence-electron chi connectivity index (χ1n) is 5.88. The Morgan fingerprint density at radius 3 is 2.65 bits per heavy atom. The molecule has 4 heteroatoms. The maximum atomic E-state index is 5.34. The average molecular weight is 255 g/mol. The summed E-state index contributed by atoms with van der Waals surface area (Å²) in [6, 6.07) is 10.5. The fourth-order valence-corrected chi connectivity index (χ4v) is 2.10. The zero-order valence-electron chi connectivity index (χ0n) is 10.4. The van der Waals surface area contributed by atoms with Crippen molar-refractivity contribution in [1.29, 1.82) is 0 Å². The monoisotopic (exact) mass is 255 g/mol. The molecule has 0 aliphatic heterocycles. The molecular formula is C13H21NO2S. The van der Waals surface area contributed by atoms with Crippen LogP contribution in [0.3, 0.4) is 0 Å². The zero-order chi connectivity index (χ0) is 12.2. The number of benzene rings is 1. The minimum atomic E-state index is 0.670. The molecule has 1 rings (SSSR count). The van der Waals surface area contributed by atoms with Gasteiger partial charge in [0.2, 0.25) is 0 Å². The van der Waals surface area contributed by atoms with Crippen molar-refractivity contribution in [2.75, 3.05) is 45.8 Å². The van der Waals surface area contributed by atoms with Gasteiger partial charge in [-0.3, -0.25) is 0 Å². The Kier molecular flexibility index (Phi) is 9.04. The van der Waals surface area contributed by atoms with E-state index in [0.717, 1.165) is 25.4 Å². The Labute approximate surface area is 108 Å². The number of methoxy groups -OCH3 is 1. The van der Waals surface area contributed by atoms with E-state index < -0.39 is 0 Å². The minimum Gasteiger partial charge on any atom is -0.382 e. The smallest absolute Gasteiger partial charge is 0.0700 e. The van der Waals surface area contributed by atoms with E-state index in [1.54, 1.807) is 7.11 Å². The number of thioether (sulfide) groups is 1. The lowest BCUT2D eigenvalue weighted by Crippen LogP contribution is -2.22. The predicted molar refractivity (Wildman–Crippen MR) is 72.7 cm³/mol. The van der Waals surface area contributed by atoms with Crippen LogP contribution in [-0.2, 0) is 9.47 Å². The molecule has 0 amide bonds. The quantitative estimate of drug-likeness (QED) is 0.512. The van der Waals surface area contributed by atoms with Crippen LogP contribution in [0.25, 0.3) is 0 Å². The van der Waals surface area contributed by atoms with Gasteiger partial charge in [-0.2, -0.15) is 0 Å². The van der Waals surface area contributed by atoms with Crippen molar-refractivity contribution in [3.63, 3.8) is 0 Å². The third-order valence-corrected chi connectivity index (χ3v) is 3.16. The van der Waals surface area contributed by atoms with E-state index in [1.165, 1.54) is 4.90 Å². The van der Waals surface area contributed by atoms with Crippen molar-refractivity contribution in [2.24, 2.45) is 0 Å². The van der Waals surface area contributed by atoms with E-state index in [4.69, 9.17) is 9.47 Å². The molecule has 0 aliphatic carbocycles. The SMILES string of the molecule is COCCOCCNCCSc1ccccc1. The van der Waals surface area contributed by atoms with Crippen molar-refractivity contribution in [2.45, 2.75) is 4.90 Å². The molecule has 1 aromatic rings. The summed E-state index contributed by atoms with van der Waals surface area (Å²) >= 11 is 1.87. The molecule has 0 saturated heterocycles. The Morgan fingerprint density at radius 2 is 1.88 bits per heavy atom. The fraction of sp³-hybridized carbons (Fsp3) is 0.538. The summed E-state index contributed by atoms with van der Waals surface area (Å²) in [5.74, 6) is 1.09. The van der Waals surface area contributed by atoms with Gasteiger partial charge in [0.1, 0.15) is 0 Å². The van der Waals surface area contributed by atoms with E-state index in [0.29, 0.717) is 13.2 Å². The van der Waals surface area contributed by atoms with Crippen LogP contribution in [0.5, 0.6) is 0 Å². The second-order valence-electron chi connectivity index (χ2n) is 3.52. The Hall–Kier alpha value is -0.550. The lowest BCUT2D eigenvalue weighted by atomic mass is 10.4. The van der Waals surface area contributed by atoms with Crippen molar-refractivity contribution in [3.05, 3.63) is 30.3 Å². The zero-order valence-corrected chi connectivity index (χ0v) is 11.2. The highest BCUT2D eigenvalue weighted by Crippen LogP contribution is 2.15. The van der Waals surface area contributed by atoms with Crippen LogP contribution in [0.4, 0.5) is 0 Å². The first-order chi connectivity index (χ1) is 8.43. The van der Waals surface area contributed by atoms with E-state index in [1.807, 2.05) is 17.8 Å². The first-order valence-corrected chi connectivity index (χ1v) is 6.87. The molecule has 3 nitrogen and oxygen atoms in total. The molecule has 0 saturated carbocycles. The molecule has 96 valence electrons. The number of ether oxygens (including phenoxy) is 2. The molecule has 0 radical (unpaired) electrons. The Balaban J connectivity index is 1.85. The van der Waals surface area contributed by atoms with Crippen LogP contribution < -0.4 is 5.32 Å². The van der Waals surface area contributed by atoms with Crippen LogP contribution in [-0.4, -0.2) is 45.8 Å². The van der Waals surface area contributed by atoms with Gasteiger partial charge in [0.15, 0.2) is 0 Å². The lowest BCUT2D eigenvalue weighted by Gasteiger charge is -2.05. The molecule has 0 unspecified atom stereocenters. The maximum Gasteiger partial charge on any atom is 0.0700 e. The number of nitrogens with one attached hydrogen (secondary N) is 1. The van der Waals surface area contributed by atoms with Crippen molar-refractivity contribution < 1.29 is 9.47 Å². The second kappa shape index (κ2) is 10.6. The lowest BCUT2D eigenvalue weighted by molar-refractivity contribution is 0.0722.